The Balaban J connectivity index is 1.38. The number of fused-ring (bicyclic) bond motifs is 5. The van der Waals surface area contributed by atoms with Crippen LogP contribution in [-0.4, -0.2) is 117 Å². The van der Waals surface area contributed by atoms with Gasteiger partial charge in [-0.2, -0.15) is 8.42 Å². The highest BCUT2D eigenvalue weighted by Gasteiger charge is 2.73. The molecule has 14 heteroatoms. The van der Waals surface area contributed by atoms with Crippen molar-refractivity contribution in [3.05, 3.63) is 12.2 Å². The van der Waals surface area contributed by atoms with Crippen LogP contribution in [0.4, 0.5) is 0 Å². The number of ether oxygens (including phenoxy) is 2. The summed E-state index contributed by atoms with van der Waals surface area (Å²) in [6.45, 7) is 10.1. The third-order valence-electron chi connectivity index (χ3n) is 13.3. The molecule has 0 aromatic rings. The summed E-state index contributed by atoms with van der Waals surface area (Å²) in [7, 11) is -5.01. The van der Waals surface area contributed by atoms with Gasteiger partial charge >= 0.3 is 10.4 Å². The van der Waals surface area contributed by atoms with Crippen LogP contribution in [-0.2, 0) is 24.1 Å². The molecule has 5 rings (SSSR count). The highest BCUT2D eigenvalue weighted by atomic mass is 32.3. The summed E-state index contributed by atoms with van der Waals surface area (Å²) in [6, 6.07) is 0. The van der Waals surface area contributed by atoms with Crippen molar-refractivity contribution in [2.45, 2.75) is 134 Å². The summed E-state index contributed by atoms with van der Waals surface area (Å²) in [5.41, 5.74) is -2.94. The van der Waals surface area contributed by atoms with Crippen LogP contribution in [0.3, 0.4) is 0 Å². The maximum absolute atomic E-state index is 12.7. The summed E-state index contributed by atoms with van der Waals surface area (Å²) in [5, 5.41) is 76.3. The van der Waals surface area contributed by atoms with E-state index in [4.69, 9.17) is 13.7 Å². The average Bonchev–Trinajstić information content (AvgIpc) is 3.20. The van der Waals surface area contributed by atoms with Crippen LogP contribution in [0.15, 0.2) is 12.2 Å². The molecule has 1 saturated heterocycles. The molecule has 1 heterocycles. The van der Waals surface area contributed by atoms with Crippen molar-refractivity contribution < 1.29 is 62.4 Å². The zero-order valence-electron chi connectivity index (χ0n) is 28.7. The van der Waals surface area contributed by atoms with Gasteiger partial charge in [-0.05, 0) is 84.9 Å². The van der Waals surface area contributed by atoms with E-state index in [1.165, 1.54) is 0 Å². The molecular weight excluding hydrogens is 648 g/mol. The molecule has 5 fully saturated rings. The molecule has 1 aliphatic heterocycles. The number of aliphatic hydroxyl groups is 7. The Kier molecular flexibility index (Phi) is 11.2. The van der Waals surface area contributed by atoms with Crippen LogP contribution in [0, 0.1) is 52.3 Å². The van der Waals surface area contributed by atoms with Crippen LogP contribution in [0.5, 0.6) is 0 Å². The molecule has 17 atom stereocenters. The van der Waals surface area contributed by atoms with Crippen molar-refractivity contribution in [2.75, 3.05) is 13.2 Å². The number of rotatable bonds is 10. The van der Waals surface area contributed by atoms with Gasteiger partial charge in [-0.3, -0.25) is 4.55 Å². The van der Waals surface area contributed by atoms with Crippen molar-refractivity contribution in [1.29, 1.82) is 0 Å². The summed E-state index contributed by atoms with van der Waals surface area (Å²) in [5.74, 6) is -2.18. The Labute approximate surface area is 284 Å². The lowest BCUT2D eigenvalue weighted by Gasteiger charge is -2.65. The summed E-state index contributed by atoms with van der Waals surface area (Å²) >= 11 is 0. The van der Waals surface area contributed by atoms with Gasteiger partial charge in [0.15, 0.2) is 6.29 Å². The third-order valence-corrected chi connectivity index (χ3v) is 13.8. The van der Waals surface area contributed by atoms with E-state index in [9.17, 15) is 48.7 Å². The zero-order valence-corrected chi connectivity index (χ0v) is 29.5. The fourth-order valence-corrected chi connectivity index (χ4v) is 11.5. The first-order valence-corrected chi connectivity index (χ1v) is 19.0. The lowest BCUT2D eigenvalue weighted by atomic mass is 9.42. The van der Waals surface area contributed by atoms with Gasteiger partial charge in [0, 0.05) is 12.3 Å². The van der Waals surface area contributed by atoms with Crippen molar-refractivity contribution in [2.24, 2.45) is 52.3 Å². The Bertz CT molecular complexity index is 1260. The van der Waals surface area contributed by atoms with Crippen LogP contribution >= 0.6 is 0 Å². The fourth-order valence-electron chi connectivity index (χ4n) is 11.0. The normalized spacial score (nSPS) is 49.4. The van der Waals surface area contributed by atoms with Gasteiger partial charge in [0.25, 0.3) is 0 Å². The van der Waals surface area contributed by atoms with Crippen LogP contribution in [0.2, 0.25) is 0 Å². The third kappa shape index (κ3) is 6.91. The standard InChI is InChI=1S/C34H58O13S/c1-17(2)19(10-13-45-31-28(40)26(38)23(37)16-46-31)7-6-18(3)25-27(39)29(47-48(42,43)44)30-33(25,5)12-9-24-32(4)11-8-20(35)14-21(32)22(36)15-34(24,30)41/h6-7,17-31,35-41H,8-16H2,1-5H3,(H,42,43,44)/b7-6+/t18-,19-,20+,21-,22-,23-,24-,25+,26+,27-,28-,29+,30-,31-,32+,33-,34+/m1/s1. The Morgan fingerprint density at radius 2 is 1.58 bits per heavy atom. The molecule has 13 nitrogen and oxygen atoms in total. The maximum atomic E-state index is 12.7. The molecule has 0 unspecified atom stereocenters. The number of aliphatic hydroxyl groups excluding tert-OH is 6. The highest BCUT2D eigenvalue weighted by molar-refractivity contribution is 7.80. The second-order valence-electron chi connectivity index (χ2n) is 16.4. The van der Waals surface area contributed by atoms with Crippen LogP contribution in [0.1, 0.15) is 79.6 Å². The quantitative estimate of drug-likeness (QED) is 0.118. The lowest BCUT2D eigenvalue weighted by molar-refractivity contribution is -0.270. The Morgan fingerprint density at radius 1 is 0.917 bits per heavy atom. The molecule has 0 bridgehead atoms. The molecule has 0 radical (unpaired) electrons. The minimum atomic E-state index is -5.01. The minimum Gasteiger partial charge on any atom is -0.393 e. The van der Waals surface area contributed by atoms with E-state index in [1.54, 1.807) is 0 Å². The molecule has 8 N–H and O–H groups in total. The monoisotopic (exact) mass is 706 g/mol. The predicted octanol–water partition coefficient (Wildman–Crippen LogP) is 1.17. The zero-order chi connectivity index (χ0) is 35.6. The Morgan fingerprint density at radius 3 is 2.23 bits per heavy atom. The van der Waals surface area contributed by atoms with E-state index in [-0.39, 0.29) is 49.2 Å². The molecule has 5 aliphatic rings. The molecule has 4 aliphatic carbocycles. The molecular formula is C34H58O13S. The van der Waals surface area contributed by atoms with E-state index >= 15 is 0 Å². The summed E-state index contributed by atoms with van der Waals surface area (Å²) in [4.78, 5) is 0. The second-order valence-corrected chi connectivity index (χ2v) is 17.5. The van der Waals surface area contributed by atoms with E-state index in [2.05, 4.69) is 0 Å². The van der Waals surface area contributed by atoms with E-state index in [1.807, 2.05) is 46.8 Å². The molecule has 48 heavy (non-hydrogen) atoms. The van der Waals surface area contributed by atoms with Gasteiger partial charge in [0.2, 0.25) is 0 Å². The van der Waals surface area contributed by atoms with Gasteiger partial charge in [0.1, 0.15) is 24.4 Å². The first kappa shape index (κ1) is 38.5. The molecule has 0 aromatic carbocycles. The minimum absolute atomic E-state index is 0.00246. The highest BCUT2D eigenvalue weighted by Crippen LogP contribution is 2.70. The summed E-state index contributed by atoms with van der Waals surface area (Å²) < 4.78 is 50.5. The molecule has 278 valence electrons. The smallest absolute Gasteiger partial charge is 0.393 e. The largest absolute Gasteiger partial charge is 0.397 e. The molecule has 0 amide bonds. The number of allylic oxidation sites excluding steroid dienone is 2. The first-order valence-electron chi connectivity index (χ1n) is 17.6. The van der Waals surface area contributed by atoms with Crippen LogP contribution in [0.25, 0.3) is 0 Å². The molecule has 4 saturated carbocycles. The van der Waals surface area contributed by atoms with Crippen molar-refractivity contribution >= 4 is 10.4 Å². The lowest BCUT2D eigenvalue weighted by Crippen LogP contribution is -2.69. The van der Waals surface area contributed by atoms with Crippen molar-refractivity contribution in [3.63, 3.8) is 0 Å². The number of hydrogen-bond acceptors (Lipinski definition) is 12. The van der Waals surface area contributed by atoms with E-state index in [0.29, 0.717) is 38.5 Å². The van der Waals surface area contributed by atoms with Crippen molar-refractivity contribution in [3.8, 4) is 0 Å². The Hall–Kier alpha value is -0.750. The SMILES string of the molecule is CC(C)[C@H](/C=C/[C@@H](C)[C@H]1[C@@H](O)[C@H](OS(=O)(=O)O)[C@@H]2[C@]1(C)CC[C@@H]1[C@@]3(C)CC[C@H](O)C[C@@H]3[C@H](O)C[C@]12O)CCO[C@@H]1OC[C@@H](O)[C@H](O)[C@H]1O. The maximum Gasteiger partial charge on any atom is 0.397 e. The van der Waals surface area contributed by atoms with Gasteiger partial charge in [-0.25, -0.2) is 4.18 Å². The van der Waals surface area contributed by atoms with Crippen molar-refractivity contribution in [1.82, 2.24) is 0 Å². The predicted molar refractivity (Wildman–Crippen MR) is 172 cm³/mol. The fraction of sp³-hybridized carbons (Fsp3) is 0.941. The van der Waals surface area contributed by atoms with Gasteiger partial charge in [0.05, 0.1) is 37.1 Å². The van der Waals surface area contributed by atoms with Gasteiger partial charge in [-0.1, -0.05) is 46.8 Å². The first-order chi connectivity index (χ1) is 22.2. The van der Waals surface area contributed by atoms with E-state index < -0.39 is 87.7 Å². The number of hydrogen-bond donors (Lipinski definition) is 8. The molecule has 0 aromatic heterocycles. The average molecular weight is 707 g/mol. The topological polar surface area (TPSA) is 224 Å². The van der Waals surface area contributed by atoms with Gasteiger partial charge < -0.3 is 45.2 Å². The van der Waals surface area contributed by atoms with E-state index in [0.717, 1.165) is 0 Å². The summed E-state index contributed by atoms with van der Waals surface area (Å²) in [6.07, 6.45) is -2.09. The molecule has 0 spiro atoms. The van der Waals surface area contributed by atoms with Crippen LogP contribution < -0.4 is 0 Å². The van der Waals surface area contributed by atoms with Gasteiger partial charge in [-0.15, -0.1) is 0 Å². The second kappa shape index (κ2) is 14.0.